The zero-order chi connectivity index (χ0) is 20.2. The number of aryl methyl sites for hydroxylation is 1. The molecule has 29 heavy (non-hydrogen) atoms. The van der Waals surface area contributed by atoms with Crippen LogP contribution in [0.2, 0.25) is 0 Å². The van der Waals surface area contributed by atoms with Gasteiger partial charge in [0.2, 0.25) is 0 Å². The first-order valence-electron chi connectivity index (χ1n) is 9.71. The van der Waals surface area contributed by atoms with E-state index in [1.807, 2.05) is 78.6 Å². The summed E-state index contributed by atoms with van der Waals surface area (Å²) in [5.41, 5.74) is 5.61. The fourth-order valence-corrected chi connectivity index (χ4v) is 3.57. The van der Waals surface area contributed by atoms with Gasteiger partial charge in [-0.2, -0.15) is 0 Å². The van der Waals surface area contributed by atoms with E-state index in [1.54, 1.807) is 0 Å². The summed E-state index contributed by atoms with van der Waals surface area (Å²) < 4.78 is 0. The molecule has 0 aromatic heterocycles. The molecule has 5 heteroatoms. The molecule has 4 rings (SSSR count). The number of carbonyl (C=O) groups is 2. The van der Waals surface area contributed by atoms with E-state index in [0.717, 1.165) is 34.5 Å². The number of urea groups is 1. The fraction of sp³-hybridized carbons (Fsp3) is 0.167. The van der Waals surface area contributed by atoms with Gasteiger partial charge in [-0.15, -0.1) is 0 Å². The van der Waals surface area contributed by atoms with Crippen molar-refractivity contribution in [3.8, 4) is 0 Å². The molecular weight excluding hydrogens is 362 g/mol. The first-order chi connectivity index (χ1) is 14.1. The van der Waals surface area contributed by atoms with Crippen LogP contribution in [0, 0.1) is 6.92 Å². The molecule has 1 heterocycles. The Morgan fingerprint density at radius 1 is 0.966 bits per heavy atom. The minimum Gasteiger partial charge on any atom is -0.334 e. The summed E-state index contributed by atoms with van der Waals surface area (Å²) >= 11 is 0. The van der Waals surface area contributed by atoms with Crippen LogP contribution in [0.15, 0.2) is 72.8 Å². The van der Waals surface area contributed by atoms with Crippen molar-refractivity contribution in [2.24, 2.45) is 0 Å². The van der Waals surface area contributed by atoms with Crippen LogP contribution in [0.25, 0.3) is 0 Å². The molecule has 3 aromatic carbocycles. The predicted molar refractivity (Wildman–Crippen MR) is 115 cm³/mol. The molecule has 0 aliphatic carbocycles. The number of hydrogen-bond acceptors (Lipinski definition) is 2. The smallest absolute Gasteiger partial charge is 0.319 e. The number of rotatable bonds is 4. The van der Waals surface area contributed by atoms with Crippen LogP contribution in [-0.2, 0) is 13.0 Å². The quantitative estimate of drug-likeness (QED) is 0.694. The van der Waals surface area contributed by atoms with Gasteiger partial charge >= 0.3 is 6.03 Å². The summed E-state index contributed by atoms with van der Waals surface area (Å²) in [5.74, 6) is 0.0211. The van der Waals surface area contributed by atoms with E-state index >= 15 is 0 Å². The molecule has 3 aromatic rings. The van der Waals surface area contributed by atoms with E-state index in [1.165, 1.54) is 0 Å². The van der Waals surface area contributed by atoms with Crippen LogP contribution in [0.5, 0.6) is 0 Å². The lowest BCUT2D eigenvalue weighted by Gasteiger charge is -2.17. The van der Waals surface area contributed by atoms with Crippen molar-refractivity contribution < 1.29 is 9.59 Å². The summed E-state index contributed by atoms with van der Waals surface area (Å²) in [7, 11) is 0. The highest BCUT2D eigenvalue weighted by atomic mass is 16.2. The fourth-order valence-electron chi connectivity index (χ4n) is 3.57. The minimum atomic E-state index is -0.235. The highest BCUT2D eigenvalue weighted by Gasteiger charge is 2.25. The van der Waals surface area contributed by atoms with Crippen molar-refractivity contribution in [1.29, 1.82) is 0 Å². The second kappa shape index (κ2) is 8.19. The monoisotopic (exact) mass is 385 g/mol. The average Bonchev–Trinajstić information content (AvgIpc) is 3.17. The van der Waals surface area contributed by atoms with Crippen molar-refractivity contribution in [3.05, 3.63) is 95.1 Å². The van der Waals surface area contributed by atoms with Gasteiger partial charge in [0.15, 0.2) is 0 Å². The Morgan fingerprint density at radius 3 is 2.52 bits per heavy atom. The van der Waals surface area contributed by atoms with Gasteiger partial charge in [-0.3, -0.25) is 4.79 Å². The number of para-hydroxylation sites is 1. The Kier molecular flexibility index (Phi) is 5.29. The maximum Gasteiger partial charge on any atom is 0.319 e. The summed E-state index contributed by atoms with van der Waals surface area (Å²) in [5, 5.41) is 5.77. The first-order valence-corrected chi connectivity index (χ1v) is 9.71. The van der Waals surface area contributed by atoms with Crippen LogP contribution >= 0.6 is 0 Å². The lowest BCUT2D eigenvalue weighted by atomic mass is 10.1. The zero-order valence-electron chi connectivity index (χ0n) is 16.3. The SMILES string of the molecule is Cc1ccccc1NC(=O)NCc1ccc2c(c1)CCN2C(=O)c1ccccc1. The molecule has 1 aliphatic rings. The van der Waals surface area contributed by atoms with Gasteiger partial charge in [-0.1, -0.05) is 48.5 Å². The average molecular weight is 385 g/mol. The number of carbonyl (C=O) groups excluding carboxylic acids is 2. The number of amides is 3. The minimum absolute atomic E-state index is 0.0211. The molecule has 0 spiro atoms. The Bertz CT molecular complexity index is 1050. The van der Waals surface area contributed by atoms with E-state index in [-0.39, 0.29) is 11.9 Å². The van der Waals surface area contributed by atoms with E-state index < -0.39 is 0 Å². The van der Waals surface area contributed by atoms with Crippen LogP contribution in [0.4, 0.5) is 16.2 Å². The predicted octanol–water partition coefficient (Wildman–Crippen LogP) is 4.52. The third-order valence-electron chi connectivity index (χ3n) is 5.15. The number of anilines is 2. The molecule has 3 amide bonds. The van der Waals surface area contributed by atoms with E-state index in [0.29, 0.717) is 18.7 Å². The van der Waals surface area contributed by atoms with Gasteiger partial charge in [0.1, 0.15) is 0 Å². The van der Waals surface area contributed by atoms with E-state index in [4.69, 9.17) is 0 Å². The summed E-state index contributed by atoms with van der Waals surface area (Å²) in [6.45, 7) is 3.06. The normalized spacial score (nSPS) is 12.4. The van der Waals surface area contributed by atoms with Crippen LogP contribution in [0.1, 0.15) is 27.0 Å². The second-order valence-electron chi connectivity index (χ2n) is 7.16. The highest BCUT2D eigenvalue weighted by Crippen LogP contribution is 2.30. The van der Waals surface area contributed by atoms with Crippen molar-refractivity contribution in [3.63, 3.8) is 0 Å². The first kappa shape index (κ1) is 18.7. The molecule has 0 bridgehead atoms. The van der Waals surface area contributed by atoms with Crippen molar-refractivity contribution in [2.45, 2.75) is 19.9 Å². The molecule has 1 aliphatic heterocycles. The van der Waals surface area contributed by atoms with Crippen LogP contribution in [0.3, 0.4) is 0 Å². The largest absolute Gasteiger partial charge is 0.334 e. The third-order valence-corrected chi connectivity index (χ3v) is 5.15. The van der Waals surface area contributed by atoms with Gasteiger partial charge in [-0.25, -0.2) is 4.79 Å². The molecule has 0 atom stereocenters. The van der Waals surface area contributed by atoms with Gasteiger partial charge < -0.3 is 15.5 Å². The standard InChI is InChI=1S/C24H23N3O2/c1-17-7-5-6-10-21(17)26-24(29)25-16-18-11-12-22-20(15-18)13-14-27(22)23(28)19-8-3-2-4-9-19/h2-12,15H,13-14,16H2,1H3,(H2,25,26,29). The molecule has 146 valence electrons. The molecule has 0 unspecified atom stereocenters. The molecular formula is C24H23N3O2. The molecule has 2 N–H and O–H groups in total. The molecule has 0 radical (unpaired) electrons. The summed E-state index contributed by atoms with van der Waals surface area (Å²) in [4.78, 5) is 26.8. The summed E-state index contributed by atoms with van der Waals surface area (Å²) in [6.07, 6.45) is 0.817. The molecule has 0 fully saturated rings. The third kappa shape index (κ3) is 4.14. The number of benzene rings is 3. The number of hydrogen-bond donors (Lipinski definition) is 2. The maximum absolute atomic E-state index is 12.8. The second-order valence-corrected chi connectivity index (χ2v) is 7.16. The Balaban J connectivity index is 1.40. The number of fused-ring (bicyclic) bond motifs is 1. The highest BCUT2D eigenvalue weighted by molar-refractivity contribution is 6.07. The molecule has 0 saturated heterocycles. The molecule has 5 nitrogen and oxygen atoms in total. The lowest BCUT2D eigenvalue weighted by Crippen LogP contribution is -2.29. The van der Waals surface area contributed by atoms with Crippen LogP contribution < -0.4 is 15.5 Å². The number of nitrogens with zero attached hydrogens (tertiary/aromatic N) is 1. The maximum atomic E-state index is 12.8. The Labute approximate surface area is 170 Å². The zero-order valence-corrected chi connectivity index (χ0v) is 16.3. The van der Waals surface area contributed by atoms with Crippen molar-refractivity contribution in [2.75, 3.05) is 16.8 Å². The van der Waals surface area contributed by atoms with Crippen molar-refractivity contribution >= 4 is 23.3 Å². The number of nitrogens with one attached hydrogen (secondary N) is 2. The van der Waals surface area contributed by atoms with Gasteiger partial charge in [-0.05, 0) is 54.3 Å². The van der Waals surface area contributed by atoms with Crippen LogP contribution in [-0.4, -0.2) is 18.5 Å². The van der Waals surface area contributed by atoms with E-state index in [9.17, 15) is 9.59 Å². The lowest BCUT2D eigenvalue weighted by molar-refractivity contribution is 0.0989. The topological polar surface area (TPSA) is 61.4 Å². The van der Waals surface area contributed by atoms with Gasteiger partial charge in [0.25, 0.3) is 5.91 Å². The van der Waals surface area contributed by atoms with Gasteiger partial charge in [0, 0.05) is 30.0 Å². The molecule has 0 saturated carbocycles. The Morgan fingerprint density at radius 2 is 1.72 bits per heavy atom. The van der Waals surface area contributed by atoms with Crippen molar-refractivity contribution in [1.82, 2.24) is 5.32 Å². The van der Waals surface area contributed by atoms with Gasteiger partial charge in [0.05, 0.1) is 0 Å². The Hall–Kier alpha value is -3.60. The van der Waals surface area contributed by atoms with E-state index in [2.05, 4.69) is 16.7 Å². The summed E-state index contributed by atoms with van der Waals surface area (Å²) in [6, 6.07) is 22.8.